The molecule has 3 heterocycles. The standard InChI is InChI=1S/C9H12N3O7P.Na.H2O/c10-5-1-2-12(9(14)11-5)8-7-6(4(3-13)17-8)18-20(15,16)19-7;;/h1-2,4,6-8,13H,3H2,(H,15,16)(H2,10,11,14);;1H2/q;+1;/p-1/t4-,6-,7-,8-;;/m1../s1. The van der Waals surface area contributed by atoms with Gasteiger partial charge in [-0.25, -0.2) is 4.79 Å². The Morgan fingerprint density at radius 3 is 2.68 bits per heavy atom. The number of fused-ring (bicyclic) bond motifs is 1. The normalized spacial score (nSPS) is 36.3. The first-order valence-electron chi connectivity index (χ1n) is 5.70. The molecule has 5 N–H and O–H groups in total. The quantitative estimate of drug-likeness (QED) is 0.389. The summed E-state index contributed by atoms with van der Waals surface area (Å²) in [6, 6.07) is 1.36. The van der Waals surface area contributed by atoms with E-state index in [1.807, 2.05) is 0 Å². The third kappa shape index (κ3) is 3.44. The van der Waals surface area contributed by atoms with Crippen LogP contribution in [0.3, 0.4) is 0 Å². The van der Waals surface area contributed by atoms with E-state index in [4.69, 9.17) is 19.5 Å². The van der Waals surface area contributed by atoms with E-state index in [0.29, 0.717) is 0 Å². The molecule has 0 saturated carbocycles. The van der Waals surface area contributed by atoms with Crippen LogP contribution in [-0.2, 0) is 18.3 Å². The largest absolute Gasteiger partial charge is 1.00 e. The van der Waals surface area contributed by atoms with Gasteiger partial charge in [-0.1, -0.05) is 0 Å². The van der Waals surface area contributed by atoms with Crippen LogP contribution in [0.5, 0.6) is 0 Å². The van der Waals surface area contributed by atoms with Crippen molar-refractivity contribution in [2.45, 2.75) is 24.5 Å². The molecule has 1 aromatic heterocycles. The number of nitrogens with zero attached hydrogens (tertiary/aromatic N) is 2. The Labute approximate surface area is 146 Å². The first-order chi connectivity index (χ1) is 9.41. The second-order valence-corrected chi connectivity index (χ2v) is 5.69. The molecule has 1 aromatic rings. The maximum Gasteiger partial charge on any atom is 1.00 e. The number of nitrogen functional groups attached to an aromatic ring is 1. The Bertz CT molecular complexity index is 642. The number of phosphoric acid groups is 1. The van der Waals surface area contributed by atoms with Gasteiger partial charge in [-0.05, 0) is 6.07 Å². The van der Waals surface area contributed by atoms with Gasteiger partial charge < -0.3 is 35.0 Å². The van der Waals surface area contributed by atoms with E-state index in [1.54, 1.807) is 0 Å². The van der Waals surface area contributed by atoms with Crippen LogP contribution in [0.25, 0.3) is 0 Å². The summed E-state index contributed by atoms with van der Waals surface area (Å²) in [6.07, 6.45) is -2.73. The van der Waals surface area contributed by atoms with Crippen molar-refractivity contribution >= 4 is 13.6 Å². The summed E-state index contributed by atoms with van der Waals surface area (Å²) in [5.41, 5.74) is 4.65. The van der Waals surface area contributed by atoms with Crippen molar-refractivity contribution in [3.8, 4) is 0 Å². The van der Waals surface area contributed by atoms with Crippen molar-refractivity contribution in [1.29, 1.82) is 0 Å². The van der Waals surface area contributed by atoms with E-state index < -0.39 is 44.7 Å². The zero-order chi connectivity index (χ0) is 14.5. The molecule has 0 radical (unpaired) electrons. The van der Waals surface area contributed by atoms with Crippen molar-refractivity contribution < 1.29 is 63.4 Å². The number of phosphoric ester groups is 1. The number of aromatic nitrogens is 2. The monoisotopic (exact) mass is 345 g/mol. The molecule has 13 heteroatoms. The van der Waals surface area contributed by atoms with Crippen molar-refractivity contribution in [1.82, 2.24) is 9.55 Å². The summed E-state index contributed by atoms with van der Waals surface area (Å²) in [7, 11) is -4.46. The number of rotatable bonds is 2. The summed E-state index contributed by atoms with van der Waals surface area (Å²) in [5.74, 6) is 0.0255. The Morgan fingerprint density at radius 1 is 1.45 bits per heavy atom. The zero-order valence-corrected chi connectivity index (χ0v) is 14.4. The van der Waals surface area contributed by atoms with Crippen LogP contribution < -0.4 is 45.9 Å². The molecule has 0 bridgehead atoms. The first-order valence-corrected chi connectivity index (χ1v) is 7.16. The Hall–Kier alpha value is -0.330. The predicted octanol–water partition coefficient (Wildman–Crippen LogP) is -5.85. The Morgan fingerprint density at radius 2 is 2.09 bits per heavy atom. The number of anilines is 1. The van der Waals surface area contributed by atoms with E-state index in [2.05, 4.69) is 4.98 Å². The number of hydrogen-bond acceptors (Lipinski definition) is 9. The van der Waals surface area contributed by atoms with Crippen molar-refractivity contribution in [2.75, 3.05) is 12.3 Å². The van der Waals surface area contributed by atoms with Crippen LogP contribution in [0.1, 0.15) is 6.23 Å². The average Bonchev–Trinajstić information content (AvgIpc) is 2.83. The third-order valence-corrected chi connectivity index (χ3v) is 4.10. The molecule has 0 aromatic carbocycles. The van der Waals surface area contributed by atoms with Gasteiger partial charge in [-0.3, -0.25) is 9.13 Å². The van der Waals surface area contributed by atoms with E-state index in [0.717, 1.165) is 4.57 Å². The molecule has 1 unspecified atom stereocenters. The fraction of sp³-hybridized carbons (Fsp3) is 0.556. The van der Waals surface area contributed by atoms with Gasteiger partial charge in [0, 0.05) is 6.20 Å². The van der Waals surface area contributed by atoms with Gasteiger partial charge >= 0.3 is 35.2 Å². The van der Waals surface area contributed by atoms with E-state index in [9.17, 15) is 19.4 Å². The molecule has 11 nitrogen and oxygen atoms in total. The number of hydrogen-bond donors (Lipinski definition) is 2. The van der Waals surface area contributed by atoms with E-state index in [1.165, 1.54) is 12.3 Å². The summed E-state index contributed by atoms with van der Waals surface area (Å²) in [5, 5.41) is 9.19. The van der Waals surface area contributed by atoms with Gasteiger partial charge in [0.15, 0.2) is 6.23 Å². The zero-order valence-electron chi connectivity index (χ0n) is 11.5. The number of aliphatic hydroxyl groups is 1. The molecule has 5 atom stereocenters. The maximum absolute atomic E-state index is 11.8. The van der Waals surface area contributed by atoms with Crippen molar-refractivity contribution in [3.05, 3.63) is 22.7 Å². The summed E-state index contributed by atoms with van der Waals surface area (Å²) < 4.78 is 27.3. The minimum atomic E-state index is -4.46. The van der Waals surface area contributed by atoms with Crippen LogP contribution in [0.4, 0.5) is 5.82 Å². The average molecular weight is 345 g/mol. The molecule has 0 amide bonds. The molecular weight excluding hydrogens is 332 g/mol. The predicted molar refractivity (Wildman–Crippen MR) is 64.9 cm³/mol. The van der Waals surface area contributed by atoms with Gasteiger partial charge in [0.2, 0.25) is 0 Å². The Balaban J connectivity index is 0.00000121. The molecule has 0 aliphatic carbocycles. The number of nitrogens with two attached hydrogens (primary N) is 1. The van der Waals surface area contributed by atoms with Gasteiger partial charge in [-0.15, -0.1) is 0 Å². The van der Waals surface area contributed by atoms with Crippen LogP contribution in [0, 0.1) is 0 Å². The molecule has 2 aliphatic heterocycles. The van der Waals surface area contributed by atoms with Crippen LogP contribution in [0.15, 0.2) is 17.1 Å². The maximum atomic E-state index is 11.8. The molecule has 22 heavy (non-hydrogen) atoms. The minimum Gasteiger partial charge on any atom is -0.756 e. The van der Waals surface area contributed by atoms with Gasteiger partial charge in [0.1, 0.15) is 24.1 Å². The van der Waals surface area contributed by atoms with E-state index >= 15 is 0 Å². The molecule has 2 aliphatic rings. The SMILES string of the molecule is Nc1ccn([C@@H]2O[C@H](CO)[C@H]3OP(=O)([O-])O[C@H]32)c(=O)n1.O.[Na+]. The first kappa shape index (κ1) is 19.7. The van der Waals surface area contributed by atoms with E-state index in [-0.39, 0.29) is 40.9 Å². The van der Waals surface area contributed by atoms with Gasteiger partial charge in [-0.2, -0.15) is 4.98 Å². The summed E-state index contributed by atoms with van der Waals surface area (Å²) in [6.45, 7) is -0.474. The fourth-order valence-electron chi connectivity index (χ4n) is 2.26. The summed E-state index contributed by atoms with van der Waals surface area (Å²) >= 11 is 0. The molecular formula is C9H13N3NaO8P. The molecule has 3 rings (SSSR count). The number of ether oxygens (including phenoxy) is 1. The fourth-order valence-corrected chi connectivity index (χ4v) is 3.39. The molecule has 118 valence electrons. The summed E-state index contributed by atoms with van der Waals surface area (Å²) in [4.78, 5) is 26.6. The second kappa shape index (κ2) is 7.05. The number of aliphatic hydroxyl groups excluding tert-OH is 1. The van der Waals surface area contributed by atoms with Crippen LogP contribution >= 0.6 is 7.82 Å². The van der Waals surface area contributed by atoms with Gasteiger partial charge in [0.25, 0.3) is 7.82 Å². The smallest absolute Gasteiger partial charge is 0.756 e. The third-order valence-electron chi connectivity index (χ3n) is 3.09. The van der Waals surface area contributed by atoms with Crippen molar-refractivity contribution in [2.24, 2.45) is 0 Å². The minimum absolute atomic E-state index is 0. The van der Waals surface area contributed by atoms with Crippen LogP contribution in [-0.4, -0.2) is 45.1 Å². The van der Waals surface area contributed by atoms with Gasteiger partial charge in [0.05, 0.1) is 6.61 Å². The second-order valence-electron chi connectivity index (χ2n) is 4.38. The molecule has 2 saturated heterocycles. The Kier molecular flexibility index (Phi) is 6.32. The topological polar surface area (TPSA) is 180 Å². The molecule has 2 fully saturated rings. The van der Waals surface area contributed by atoms with Crippen molar-refractivity contribution in [3.63, 3.8) is 0 Å². The van der Waals surface area contributed by atoms with Crippen LogP contribution in [0.2, 0.25) is 0 Å². The molecule has 0 spiro atoms.